The van der Waals surface area contributed by atoms with Crippen LogP contribution in [0.3, 0.4) is 0 Å². The molecule has 0 aliphatic rings. The second-order valence-corrected chi connectivity index (χ2v) is 13.5. The zero-order valence-electron chi connectivity index (χ0n) is 28.1. The van der Waals surface area contributed by atoms with Crippen molar-refractivity contribution in [1.29, 1.82) is 0 Å². The van der Waals surface area contributed by atoms with Crippen molar-refractivity contribution in [1.82, 2.24) is 19.9 Å². The van der Waals surface area contributed by atoms with Crippen LogP contribution in [0, 0.1) is 0 Å². The zero-order valence-corrected chi connectivity index (χ0v) is 28.9. The van der Waals surface area contributed by atoms with Crippen molar-refractivity contribution in [2.75, 3.05) is 19.0 Å². The number of aromatic nitrogens is 4. The van der Waals surface area contributed by atoms with Crippen LogP contribution in [0.1, 0.15) is 135 Å². The summed E-state index contributed by atoms with van der Waals surface area (Å²) in [5, 5.41) is 11.2. The number of nitrogens with one attached hydrogen (secondary N) is 1. The maximum Gasteiger partial charge on any atom is 0.166 e. The Morgan fingerprint density at radius 3 is 1.64 bits per heavy atom. The van der Waals surface area contributed by atoms with E-state index < -0.39 is 6.10 Å². The standard InChI is InChI=1S/C38H60N4O2S/c1-2-3-4-5-6-7-8-9-10-11-12-13-14-15-16-17-18-19-20-25-30-44-31-33(43)32-45-38-41-36(34-26-21-23-28-39-34)37(42-38)35-27-22-24-29-40-35/h21-24,26-29,33,43H,2-20,25,30-32H2,1H3,(H,41,42). The van der Waals surface area contributed by atoms with Crippen LogP contribution in [0.15, 0.2) is 53.9 Å². The molecular formula is C38H60N4O2S. The number of aromatic amines is 1. The average molecular weight is 637 g/mol. The monoisotopic (exact) mass is 636 g/mol. The predicted octanol–water partition coefficient (Wildman–Crippen LogP) is 10.8. The predicted molar refractivity (Wildman–Crippen MR) is 191 cm³/mol. The van der Waals surface area contributed by atoms with Gasteiger partial charge in [0.2, 0.25) is 0 Å². The molecule has 2 N–H and O–H groups in total. The maximum atomic E-state index is 10.5. The lowest BCUT2D eigenvalue weighted by Gasteiger charge is -2.10. The molecule has 0 bridgehead atoms. The van der Waals surface area contributed by atoms with E-state index in [1.54, 1.807) is 12.4 Å². The molecule has 0 spiro atoms. The Morgan fingerprint density at radius 2 is 1.16 bits per heavy atom. The number of thioether (sulfide) groups is 1. The number of hydrogen-bond acceptors (Lipinski definition) is 6. The molecule has 0 aliphatic heterocycles. The Hall–Kier alpha value is -2.22. The minimum Gasteiger partial charge on any atom is -0.390 e. The van der Waals surface area contributed by atoms with Gasteiger partial charge in [-0.1, -0.05) is 153 Å². The second kappa shape index (κ2) is 24.9. The lowest BCUT2D eigenvalue weighted by Crippen LogP contribution is -2.18. The highest BCUT2D eigenvalue weighted by Crippen LogP contribution is 2.30. The lowest BCUT2D eigenvalue weighted by atomic mass is 10.0. The summed E-state index contributed by atoms with van der Waals surface area (Å²) in [7, 11) is 0. The smallest absolute Gasteiger partial charge is 0.166 e. The van der Waals surface area contributed by atoms with Crippen LogP contribution in [-0.4, -0.2) is 50.1 Å². The van der Waals surface area contributed by atoms with Crippen LogP contribution < -0.4 is 0 Å². The quantitative estimate of drug-likeness (QED) is 0.0609. The van der Waals surface area contributed by atoms with E-state index in [9.17, 15) is 5.11 Å². The summed E-state index contributed by atoms with van der Waals surface area (Å²) in [5.41, 5.74) is 3.21. The number of pyridine rings is 2. The number of aliphatic hydroxyl groups excluding tert-OH is 1. The molecule has 3 aromatic rings. The highest BCUT2D eigenvalue weighted by Gasteiger charge is 2.17. The summed E-state index contributed by atoms with van der Waals surface area (Å²) in [6.45, 7) is 3.36. The highest BCUT2D eigenvalue weighted by atomic mass is 32.2. The van der Waals surface area contributed by atoms with Gasteiger partial charge < -0.3 is 14.8 Å². The minimum absolute atomic E-state index is 0.354. The number of hydrogen-bond donors (Lipinski definition) is 2. The van der Waals surface area contributed by atoms with Gasteiger partial charge in [0, 0.05) is 24.8 Å². The van der Waals surface area contributed by atoms with Crippen molar-refractivity contribution in [2.45, 2.75) is 147 Å². The van der Waals surface area contributed by atoms with Gasteiger partial charge in [-0.05, 0) is 30.7 Å². The Bertz CT molecular complexity index is 1040. The van der Waals surface area contributed by atoms with E-state index in [-0.39, 0.29) is 0 Å². The Labute approximate surface area is 278 Å². The summed E-state index contributed by atoms with van der Waals surface area (Å²) < 4.78 is 5.77. The number of rotatable bonds is 28. The molecule has 3 heterocycles. The van der Waals surface area contributed by atoms with E-state index in [2.05, 4.69) is 21.9 Å². The molecule has 6 nitrogen and oxygen atoms in total. The minimum atomic E-state index is -0.540. The molecule has 0 radical (unpaired) electrons. The van der Waals surface area contributed by atoms with Crippen molar-refractivity contribution >= 4 is 11.8 Å². The molecule has 7 heteroatoms. The lowest BCUT2D eigenvalue weighted by molar-refractivity contribution is 0.0467. The molecule has 0 saturated carbocycles. The molecule has 3 rings (SSSR count). The van der Waals surface area contributed by atoms with Gasteiger partial charge >= 0.3 is 0 Å². The first kappa shape index (κ1) is 37.2. The average Bonchev–Trinajstić information content (AvgIpc) is 3.51. The molecule has 1 unspecified atom stereocenters. The van der Waals surface area contributed by atoms with Crippen molar-refractivity contribution in [3.05, 3.63) is 48.8 Å². The van der Waals surface area contributed by atoms with Gasteiger partial charge in [0.25, 0.3) is 0 Å². The number of nitrogens with zero attached hydrogens (tertiary/aromatic N) is 3. The fourth-order valence-corrected chi connectivity index (χ4v) is 6.48. The number of imidazole rings is 1. The molecule has 250 valence electrons. The van der Waals surface area contributed by atoms with Crippen molar-refractivity contribution in [3.8, 4) is 22.8 Å². The van der Waals surface area contributed by atoms with E-state index in [1.807, 2.05) is 36.4 Å². The third kappa shape index (κ3) is 16.8. The van der Waals surface area contributed by atoms with Crippen molar-refractivity contribution < 1.29 is 9.84 Å². The largest absolute Gasteiger partial charge is 0.390 e. The van der Waals surface area contributed by atoms with Crippen LogP contribution in [0.25, 0.3) is 22.8 Å². The molecule has 0 aromatic carbocycles. The highest BCUT2D eigenvalue weighted by molar-refractivity contribution is 7.99. The number of unbranched alkanes of at least 4 members (excludes halogenated alkanes) is 19. The number of aliphatic hydroxyl groups is 1. The molecule has 0 aliphatic carbocycles. The SMILES string of the molecule is CCCCCCCCCCCCCCCCCCCCCCOCC(O)CSc1nc(-c2ccccn2)c(-c2ccccn2)[nH]1. The third-order valence-electron chi connectivity index (χ3n) is 8.38. The summed E-state index contributed by atoms with van der Waals surface area (Å²) in [6, 6.07) is 11.6. The Balaban J connectivity index is 1.12. The maximum absolute atomic E-state index is 10.5. The Morgan fingerprint density at radius 1 is 0.667 bits per heavy atom. The number of H-pyrrole nitrogens is 1. The van der Waals surface area contributed by atoms with Gasteiger partial charge in [-0.25, -0.2) is 4.98 Å². The topological polar surface area (TPSA) is 83.9 Å². The Kier molecular flexibility index (Phi) is 20.6. The van der Waals surface area contributed by atoms with E-state index in [0.717, 1.165) is 41.0 Å². The molecule has 45 heavy (non-hydrogen) atoms. The van der Waals surface area contributed by atoms with Gasteiger partial charge in [-0.15, -0.1) is 0 Å². The van der Waals surface area contributed by atoms with Gasteiger partial charge in [0.05, 0.1) is 29.8 Å². The number of ether oxygens (including phenoxy) is 1. The molecule has 0 saturated heterocycles. The second-order valence-electron chi connectivity index (χ2n) is 12.5. The summed E-state index contributed by atoms with van der Waals surface area (Å²) in [5.74, 6) is 0.510. The molecule has 0 amide bonds. The first-order valence-corrected chi connectivity index (χ1v) is 19.1. The fraction of sp³-hybridized carbons (Fsp3) is 0.658. The van der Waals surface area contributed by atoms with Crippen LogP contribution in [-0.2, 0) is 4.74 Å². The van der Waals surface area contributed by atoms with E-state index in [0.29, 0.717) is 12.4 Å². The van der Waals surface area contributed by atoms with Crippen LogP contribution >= 0.6 is 11.8 Å². The van der Waals surface area contributed by atoms with Gasteiger partial charge in [0.15, 0.2) is 5.16 Å². The van der Waals surface area contributed by atoms with Crippen LogP contribution in [0.5, 0.6) is 0 Å². The van der Waals surface area contributed by atoms with Gasteiger partial charge in [0.1, 0.15) is 5.69 Å². The normalized spacial score (nSPS) is 12.1. The van der Waals surface area contributed by atoms with Gasteiger partial charge in [-0.3, -0.25) is 9.97 Å². The fourth-order valence-electron chi connectivity index (χ4n) is 5.71. The summed E-state index contributed by atoms with van der Waals surface area (Å²) in [4.78, 5) is 17.1. The zero-order chi connectivity index (χ0) is 31.6. The molecular weight excluding hydrogens is 577 g/mol. The first-order chi connectivity index (χ1) is 22.3. The third-order valence-corrected chi connectivity index (χ3v) is 9.39. The van der Waals surface area contributed by atoms with E-state index in [1.165, 1.54) is 134 Å². The van der Waals surface area contributed by atoms with Gasteiger partial charge in [-0.2, -0.15) is 0 Å². The van der Waals surface area contributed by atoms with E-state index >= 15 is 0 Å². The molecule has 0 fully saturated rings. The van der Waals surface area contributed by atoms with Crippen LogP contribution in [0.4, 0.5) is 0 Å². The molecule has 3 aromatic heterocycles. The van der Waals surface area contributed by atoms with Crippen LogP contribution in [0.2, 0.25) is 0 Å². The van der Waals surface area contributed by atoms with E-state index in [4.69, 9.17) is 9.72 Å². The first-order valence-electron chi connectivity index (χ1n) is 18.1. The van der Waals surface area contributed by atoms with Crippen molar-refractivity contribution in [3.63, 3.8) is 0 Å². The molecule has 1 atom stereocenters. The summed E-state index contributed by atoms with van der Waals surface area (Å²) >= 11 is 1.49. The van der Waals surface area contributed by atoms with Crippen molar-refractivity contribution in [2.24, 2.45) is 0 Å². The summed E-state index contributed by atoms with van der Waals surface area (Å²) in [6.07, 6.45) is 30.7.